The third kappa shape index (κ3) is 5.79. The Morgan fingerprint density at radius 2 is 1.56 bits per heavy atom. The summed E-state index contributed by atoms with van der Waals surface area (Å²) < 4.78 is 0. The second kappa shape index (κ2) is 12.1. The Kier molecular flexibility index (Phi) is 13.2. The zero-order chi connectivity index (χ0) is 13.0. The van der Waals surface area contributed by atoms with E-state index in [2.05, 4.69) is 43.4 Å². The molecule has 0 heterocycles. The van der Waals surface area contributed by atoms with E-state index in [0.29, 0.717) is 5.92 Å². The number of nitrogens with one attached hydrogen (secondary N) is 1. The SMILES string of the molecule is CC.CC.CCC(C)c1ccccc1NC. The molecule has 1 aromatic carbocycles. The molecular formula is C15H29N. The standard InChI is InChI=1S/C11H17N.2C2H6/c1-4-9(2)10-7-5-6-8-11(10)12-3;2*1-2/h5-9,12H,4H2,1-3H3;2*1-2H3. The lowest BCUT2D eigenvalue weighted by molar-refractivity contribution is 0.735. The summed E-state index contributed by atoms with van der Waals surface area (Å²) in [4.78, 5) is 0. The van der Waals surface area contributed by atoms with Crippen molar-refractivity contribution in [3.05, 3.63) is 29.8 Å². The lowest BCUT2D eigenvalue weighted by atomic mass is 9.97. The van der Waals surface area contributed by atoms with Crippen molar-refractivity contribution in [2.75, 3.05) is 12.4 Å². The fourth-order valence-corrected chi connectivity index (χ4v) is 1.37. The summed E-state index contributed by atoms with van der Waals surface area (Å²) in [7, 11) is 1.97. The zero-order valence-corrected chi connectivity index (χ0v) is 12.1. The molecule has 1 N–H and O–H groups in total. The molecule has 0 aliphatic heterocycles. The number of rotatable bonds is 3. The second-order valence-electron chi connectivity index (χ2n) is 3.15. The second-order valence-corrected chi connectivity index (χ2v) is 3.15. The van der Waals surface area contributed by atoms with Crippen molar-refractivity contribution in [2.24, 2.45) is 0 Å². The van der Waals surface area contributed by atoms with Crippen molar-refractivity contribution in [1.29, 1.82) is 0 Å². The van der Waals surface area contributed by atoms with Gasteiger partial charge in [0.25, 0.3) is 0 Å². The number of para-hydroxylation sites is 1. The van der Waals surface area contributed by atoms with E-state index in [0.717, 1.165) is 0 Å². The highest BCUT2D eigenvalue weighted by Crippen LogP contribution is 2.25. The van der Waals surface area contributed by atoms with E-state index in [1.54, 1.807) is 0 Å². The summed E-state index contributed by atoms with van der Waals surface area (Å²) in [6.07, 6.45) is 1.19. The summed E-state index contributed by atoms with van der Waals surface area (Å²) in [6, 6.07) is 8.49. The van der Waals surface area contributed by atoms with Gasteiger partial charge < -0.3 is 5.32 Å². The topological polar surface area (TPSA) is 12.0 Å². The molecule has 94 valence electrons. The van der Waals surface area contributed by atoms with E-state index < -0.39 is 0 Å². The van der Waals surface area contributed by atoms with Gasteiger partial charge in [-0.1, -0.05) is 59.7 Å². The van der Waals surface area contributed by atoms with Gasteiger partial charge in [0, 0.05) is 12.7 Å². The molecule has 0 saturated carbocycles. The van der Waals surface area contributed by atoms with Crippen molar-refractivity contribution in [1.82, 2.24) is 0 Å². The molecule has 0 bridgehead atoms. The monoisotopic (exact) mass is 223 g/mol. The zero-order valence-electron chi connectivity index (χ0n) is 12.1. The summed E-state index contributed by atoms with van der Waals surface area (Å²) in [6.45, 7) is 12.5. The average Bonchev–Trinajstić information content (AvgIpc) is 2.42. The molecule has 0 amide bonds. The van der Waals surface area contributed by atoms with Crippen LogP contribution in [0.1, 0.15) is 59.4 Å². The number of hydrogen-bond acceptors (Lipinski definition) is 1. The van der Waals surface area contributed by atoms with Gasteiger partial charge in [-0.2, -0.15) is 0 Å². The molecule has 1 rings (SSSR count). The summed E-state index contributed by atoms with van der Waals surface area (Å²) in [5.41, 5.74) is 2.68. The van der Waals surface area contributed by atoms with Crippen LogP contribution in [-0.4, -0.2) is 7.05 Å². The fourth-order valence-electron chi connectivity index (χ4n) is 1.37. The number of anilines is 1. The number of benzene rings is 1. The van der Waals surface area contributed by atoms with Crippen molar-refractivity contribution in [3.63, 3.8) is 0 Å². The molecular weight excluding hydrogens is 194 g/mol. The van der Waals surface area contributed by atoms with Gasteiger partial charge in [0.05, 0.1) is 0 Å². The van der Waals surface area contributed by atoms with E-state index in [1.165, 1.54) is 17.7 Å². The van der Waals surface area contributed by atoms with Gasteiger partial charge in [0.15, 0.2) is 0 Å². The van der Waals surface area contributed by atoms with Crippen molar-refractivity contribution in [2.45, 2.75) is 53.9 Å². The van der Waals surface area contributed by atoms with E-state index in [1.807, 2.05) is 34.7 Å². The normalized spacial score (nSPS) is 10.2. The molecule has 0 aromatic heterocycles. The molecule has 0 aliphatic rings. The third-order valence-electron chi connectivity index (χ3n) is 2.37. The molecule has 0 radical (unpaired) electrons. The molecule has 0 fully saturated rings. The minimum absolute atomic E-state index is 0.647. The molecule has 1 nitrogen and oxygen atoms in total. The Morgan fingerprint density at radius 3 is 2.00 bits per heavy atom. The van der Waals surface area contributed by atoms with Crippen LogP contribution in [0, 0.1) is 0 Å². The van der Waals surface area contributed by atoms with Crippen LogP contribution in [0.5, 0.6) is 0 Å². The molecule has 1 atom stereocenters. The van der Waals surface area contributed by atoms with Crippen LogP contribution in [-0.2, 0) is 0 Å². The van der Waals surface area contributed by atoms with Crippen LogP contribution in [0.25, 0.3) is 0 Å². The molecule has 1 aromatic rings. The van der Waals surface area contributed by atoms with E-state index in [9.17, 15) is 0 Å². The molecule has 16 heavy (non-hydrogen) atoms. The van der Waals surface area contributed by atoms with Crippen LogP contribution in [0.4, 0.5) is 5.69 Å². The van der Waals surface area contributed by atoms with Gasteiger partial charge in [0.2, 0.25) is 0 Å². The lowest BCUT2D eigenvalue weighted by Crippen LogP contribution is -1.98. The van der Waals surface area contributed by atoms with Crippen LogP contribution < -0.4 is 5.32 Å². The van der Waals surface area contributed by atoms with Crippen LogP contribution in [0.3, 0.4) is 0 Å². The summed E-state index contributed by atoms with van der Waals surface area (Å²) in [5, 5.41) is 3.21. The molecule has 1 heteroatoms. The predicted octanol–water partition coefficient (Wildman–Crippen LogP) is 5.29. The fraction of sp³-hybridized carbons (Fsp3) is 0.600. The van der Waals surface area contributed by atoms with Crippen molar-refractivity contribution < 1.29 is 0 Å². The maximum absolute atomic E-state index is 3.21. The Morgan fingerprint density at radius 1 is 1.06 bits per heavy atom. The van der Waals surface area contributed by atoms with Gasteiger partial charge >= 0.3 is 0 Å². The largest absolute Gasteiger partial charge is 0.388 e. The molecule has 0 saturated heterocycles. The quantitative estimate of drug-likeness (QED) is 0.733. The van der Waals surface area contributed by atoms with Gasteiger partial charge in [-0.15, -0.1) is 0 Å². The number of hydrogen-bond donors (Lipinski definition) is 1. The smallest absolute Gasteiger partial charge is 0.0372 e. The highest BCUT2D eigenvalue weighted by atomic mass is 14.8. The summed E-state index contributed by atoms with van der Waals surface area (Å²) in [5.74, 6) is 0.647. The van der Waals surface area contributed by atoms with E-state index in [4.69, 9.17) is 0 Å². The predicted molar refractivity (Wildman–Crippen MR) is 77.4 cm³/mol. The Labute approximate surface area is 102 Å². The van der Waals surface area contributed by atoms with Gasteiger partial charge in [-0.25, -0.2) is 0 Å². The first kappa shape index (κ1) is 17.4. The Bertz CT molecular complexity index is 243. The molecule has 0 aliphatic carbocycles. The van der Waals surface area contributed by atoms with Gasteiger partial charge in [0.1, 0.15) is 0 Å². The van der Waals surface area contributed by atoms with Crippen LogP contribution in [0.2, 0.25) is 0 Å². The first-order chi connectivity index (χ1) is 7.79. The maximum Gasteiger partial charge on any atom is 0.0372 e. The van der Waals surface area contributed by atoms with Crippen molar-refractivity contribution >= 4 is 5.69 Å². The molecule has 1 unspecified atom stereocenters. The van der Waals surface area contributed by atoms with Gasteiger partial charge in [-0.05, 0) is 24.0 Å². The minimum Gasteiger partial charge on any atom is -0.388 e. The van der Waals surface area contributed by atoms with Crippen LogP contribution in [0.15, 0.2) is 24.3 Å². The van der Waals surface area contributed by atoms with Crippen LogP contribution >= 0.6 is 0 Å². The summed E-state index contributed by atoms with van der Waals surface area (Å²) >= 11 is 0. The van der Waals surface area contributed by atoms with Crippen molar-refractivity contribution in [3.8, 4) is 0 Å². The lowest BCUT2D eigenvalue weighted by Gasteiger charge is -2.13. The highest BCUT2D eigenvalue weighted by Gasteiger charge is 2.05. The Balaban J connectivity index is 0. The molecule has 0 spiro atoms. The first-order valence-corrected chi connectivity index (χ1v) is 6.56. The Hall–Kier alpha value is -0.980. The third-order valence-corrected chi connectivity index (χ3v) is 2.37. The maximum atomic E-state index is 3.21. The van der Waals surface area contributed by atoms with Gasteiger partial charge in [-0.3, -0.25) is 0 Å². The average molecular weight is 223 g/mol. The minimum atomic E-state index is 0.647. The first-order valence-electron chi connectivity index (χ1n) is 6.56. The highest BCUT2D eigenvalue weighted by molar-refractivity contribution is 5.51. The van der Waals surface area contributed by atoms with E-state index >= 15 is 0 Å². The van der Waals surface area contributed by atoms with E-state index in [-0.39, 0.29) is 0 Å².